The maximum absolute atomic E-state index is 13.3. The van der Waals surface area contributed by atoms with E-state index in [-0.39, 0.29) is 40.9 Å². The largest absolute Gasteiger partial charge is 0.507 e. The van der Waals surface area contributed by atoms with E-state index in [1.165, 1.54) is 14.2 Å². The molecule has 3 N–H and O–H groups in total. The summed E-state index contributed by atoms with van der Waals surface area (Å²) >= 11 is 0. The van der Waals surface area contributed by atoms with Gasteiger partial charge in [0.2, 0.25) is 11.2 Å². The fourth-order valence-corrected chi connectivity index (χ4v) is 3.67. The summed E-state index contributed by atoms with van der Waals surface area (Å²) in [5.41, 5.74) is 2.15. The summed E-state index contributed by atoms with van der Waals surface area (Å²) in [5, 5.41) is 32.6. The number of aromatic hydroxyl groups is 3. The lowest BCUT2D eigenvalue weighted by Gasteiger charge is -2.16. The van der Waals surface area contributed by atoms with Gasteiger partial charge in [-0.3, -0.25) is 4.79 Å². The molecular formula is C27H30O7. The van der Waals surface area contributed by atoms with Crippen molar-refractivity contribution in [1.82, 2.24) is 0 Å². The molecule has 2 aromatic carbocycles. The molecule has 0 aliphatic rings. The zero-order valence-corrected chi connectivity index (χ0v) is 20.3. The van der Waals surface area contributed by atoms with Gasteiger partial charge in [-0.2, -0.15) is 0 Å². The molecule has 0 unspecified atom stereocenters. The van der Waals surface area contributed by atoms with E-state index in [0.717, 1.165) is 11.1 Å². The van der Waals surface area contributed by atoms with Crippen LogP contribution in [0.2, 0.25) is 0 Å². The first kappa shape index (κ1) is 24.8. The zero-order chi connectivity index (χ0) is 25.2. The standard InChI is InChI=1S/C27H30O7/c1-14(2)7-10-17-22(28)18(11-8-15(3)4)27-21(23(17)29)24(30)25(31)26(34-27)16-9-12-19(32-5)20(13-16)33-6/h7-9,12-13,28-29,31H,10-11H2,1-6H3. The molecule has 1 heterocycles. The van der Waals surface area contributed by atoms with Crippen molar-refractivity contribution >= 4 is 11.0 Å². The fraction of sp³-hybridized carbons (Fsp3) is 0.296. The minimum atomic E-state index is -0.791. The second-order valence-electron chi connectivity index (χ2n) is 8.51. The Morgan fingerprint density at radius 3 is 2.00 bits per heavy atom. The average molecular weight is 467 g/mol. The molecule has 0 fully saturated rings. The van der Waals surface area contributed by atoms with Gasteiger partial charge in [-0.15, -0.1) is 0 Å². The number of rotatable bonds is 7. The molecule has 1 aromatic heterocycles. The third kappa shape index (κ3) is 4.59. The number of ether oxygens (including phenoxy) is 2. The van der Waals surface area contributed by atoms with Gasteiger partial charge in [-0.1, -0.05) is 23.3 Å². The minimum Gasteiger partial charge on any atom is -0.507 e. The predicted octanol–water partition coefficient (Wildman–Crippen LogP) is 5.61. The van der Waals surface area contributed by atoms with Crippen LogP contribution in [0, 0.1) is 0 Å². The van der Waals surface area contributed by atoms with Crippen molar-refractivity contribution in [1.29, 1.82) is 0 Å². The van der Waals surface area contributed by atoms with Gasteiger partial charge in [0, 0.05) is 16.7 Å². The molecule has 0 saturated heterocycles. The first-order valence-electron chi connectivity index (χ1n) is 10.8. The van der Waals surface area contributed by atoms with Crippen molar-refractivity contribution in [3.63, 3.8) is 0 Å². The first-order chi connectivity index (χ1) is 16.1. The number of phenolic OH excluding ortho intramolecular Hbond substituents is 2. The van der Waals surface area contributed by atoms with E-state index < -0.39 is 16.9 Å². The average Bonchev–Trinajstić information content (AvgIpc) is 2.79. The topological polar surface area (TPSA) is 109 Å². The summed E-state index contributed by atoms with van der Waals surface area (Å²) in [6.45, 7) is 7.63. The van der Waals surface area contributed by atoms with Gasteiger partial charge in [0.05, 0.1) is 14.2 Å². The molecule has 0 atom stereocenters. The number of methoxy groups -OCH3 is 2. The van der Waals surface area contributed by atoms with Gasteiger partial charge >= 0.3 is 0 Å². The van der Waals surface area contributed by atoms with Gasteiger partial charge < -0.3 is 29.2 Å². The smallest absolute Gasteiger partial charge is 0.238 e. The third-order valence-electron chi connectivity index (χ3n) is 5.53. The van der Waals surface area contributed by atoms with Gasteiger partial charge in [-0.05, 0) is 58.7 Å². The zero-order valence-electron chi connectivity index (χ0n) is 20.3. The molecule has 0 radical (unpaired) electrons. The SMILES string of the molecule is COc1ccc(-c2oc3c(CC=C(C)C)c(O)c(CC=C(C)C)c(O)c3c(=O)c2O)cc1OC. The van der Waals surface area contributed by atoms with Crippen LogP contribution in [0.1, 0.15) is 38.8 Å². The maximum atomic E-state index is 13.3. The summed E-state index contributed by atoms with van der Waals surface area (Å²) in [6.07, 6.45) is 4.21. The first-order valence-corrected chi connectivity index (χ1v) is 10.8. The van der Waals surface area contributed by atoms with E-state index in [4.69, 9.17) is 13.9 Å². The van der Waals surface area contributed by atoms with Crippen LogP contribution < -0.4 is 14.9 Å². The summed E-state index contributed by atoms with van der Waals surface area (Å²) in [7, 11) is 2.97. The molecule has 3 aromatic rings. The van der Waals surface area contributed by atoms with Crippen LogP contribution in [0.15, 0.2) is 50.7 Å². The minimum absolute atomic E-state index is 0.0148. The lowest BCUT2D eigenvalue weighted by atomic mass is 9.96. The summed E-state index contributed by atoms with van der Waals surface area (Å²) < 4.78 is 16.6. The van der Waals surface area contributed by atoms with E-state index >= 15 is 0 Å². The number of hydrogen-bond donors (Lipinski definition) is 3. The predicted molar refractivity (Wildman–Crippen MR) is 132 cm³/mol. The van der Waals surface area contributed by atoms with Crippen LogP contribution in [0.5, 0.6) is 28.7 Å². The highest BCUT2D eigenvalue weighted by atomic mass is 16.5. The molecule has 0 aliphatic carbocycles. The van der Waals surface area contributed by atoms with E-state index in [9.17, 15) is 20.1 Å². The Balaban J connectivity index is 2.41. The van der Waals surface area contributed by atoms with Crippen molar-refractivity contribution in [2.45, 2.75) is 40.5 Å². The molecule has 7 heteroatoms. The van der Waals surface area contributed by atoms with Gasteiger partial charge in [0.1, 0.15) is 22.5 Å². The van der Waals surface area contributed by atoms with Gasteiger partial charge in [0.25, 0.3) is 0 Å². The highest BCUT2D eigenvalue weighted by molar-refractivity contribution is 5.93. The number of allylic oxidation sites excluding steroid dienone is 4. The fourth-order valence-electron chi connectivity index (χ4n) is 3.67. The monoisotopic (exact) mass is 466 g/mol. The highest BCUT2D eigenvalue weighted by Crippen LogP contribution is 2.43. The Morgan fingerprint density at radius 1 is 0.853 bits per heavy atom. The Morgan fingerprint density at radius 2 is 1.44 bits per heavy atom. The molecule has 0 amide bonds. The van der Waals surface area contributed by atoms with Gasteiger partial charge in [-0.25, -0.2) is 0 Å². The van der Waals surface area contributed by atoms with Gasteiger partial charge in [0.15, 0.2) is 17.3 Å². The lowest BCUT2D eigenvalue weighted by molar-refractivity contribution is 0.355. The molecule has 34 heavy (non-hydrogen) atoms. The number of hydrogen-bond acceptors (Lipinski definition) is 7. The van der Waals surface area contributed by atoms with Crippen molar-refractivity contribution < 1.29 is 29.2 Å². The third-order valence-corrected chi connectivity index (χ3v) is 5.53. The second kappa shape index (κ2) is 9.95. The molecule has 0 bridgehead atoms. The summed E-state index contributed by atoms with van der Waals surface area (Å²) in [6, 6.07) is 4.81. The van der Waals surface area contributed by atoms with Crippen molar-refractivity contribution in [2.24, 2.45) is 0 Å². The lowest BCUT2D eigenvalue weighted by Crippen LogP contribution is -2.07. The van der Waals surface area contributed by atoms with E-state index in [0.29, 0.717) is 22.6 Å². The summed E-state index contributed by atoms with van der Waals surface area (Å²) in [4.78, 5) is 13.3. The van der Waals surface area contributed by atoms with E-state index in [1.807, 2.05) is 39.8 Å². The van der Waals surface area contributed by atoms with Crippen LogP contribution >= 0.6 is 0 Å². The quantitative estimate of drug-likeness (QED) is 0.388. The molecule has 0 aliphatic heterocycles. The van der Waals surface area contributed by atoms with Crippen LogP contribution in [0.4, 0.5) is 0 Å². The highest BCUT2D eigenvalue weighted by Gasteiger charge is 2.26. The molecule has 0 spiro atoms. The second-order valence-corrected chi connectivity index (χ2v) is 8.51. The Hall–Kier alpha value is -3.87. The summed E-state index contributed by atoms with van der Waals surface area (Å²) in [5.74, 6) is -0.456. The number of fused-ring (bicyclic) bond motifs is 1. The number of benzene rings is 2. The Kier molecular flexibility index (Phi) is 7.25. The van der Waals surface area contributed by atoms with E-state index in [2.05, 4.69) is 0 Å². The van der Waals surface area contributed by atoms with Crippen molar-refractivity contribution in [3.05, 3.63) is 62.8 Å². The molecule has 7 nitrogen and oxygen atoms in total. The van der Waals surface area contributed by atoms with Crippen LogP contribution in [-0.2, 0) is 12.8 Å². The maximum Gasteiger partial charge on any atom is 0.238 e. The molecule has 3 rings (SSSR count). The van der Waals surface area contributed by atoms with Crippen LogP contribution in [-0.4, -0.2) is 29.5 Å². The van der Waals surface area contributed by atoms with E-state index in [1.54, 1.807) is 18.2 Å². The molecule has 0 saturated carbocycles. The Bertz CT molecular complexity index is 1350. The van der Waals surface area contributed by atoms with Crippen molar-refractivity contribution in [2.75, 3.05) is 14.2 Å². The molecular weight excluding hydrogens is 436 g/mol. The van der Waals surface area contributed by atoms with Crippen molar-refractivity contribution in [3.8, 4) is 40.1 Å². The van der Waals surface area contributed by atoms with Crippen LogP contribution in [0.3, 0.4) is 0 Å². The number of phenols is 2. The molecule has 180 valence electrons. The normalized spacial score (nSPS) is 10.8. The Labute approximate surface area is 198 Å². The van der Waals surface area contributed by atoms with Crippen LogP contribution in [0.25, 0.3) is 22.3 Å².